The third kappa shape index (κ3) is 2.51. The van der Waals surface area contributed by atoms with Crippen LogP contribution in [0, 0.1) is 17.8 Å². The molecule has 3 atom stereocenters. The van der Waals surface area contributed by atoms with Gasteiger partial charge in [0.25, 0.3) is 0 Å². The van der Waals surface area contributed by atoms with E-state index < -0.39 is 21.6 Å². The highest BCUT2D eigenvalue weighted by Gasteiger charge is 2.41. The molecule has 5 heteroatoms. The van der Waals surface area contributed by atoms with Crippen molar-refractivity contribution in [2.45, 2.75) is 25.7 Å². The Hall–Kier alpha value is -0.580. The third-order valence-electron chi connectivity index (χ3n) is 3.70. The lowest BCUT2D eigenvalue weighted by Crippen LogP contribution is -2.26. The van der Waals surface area contributed by atoms with Gasteiger partial charge >= 0.3 is 5.97 Å². The summed E-state index contributed by atoms with van der Waals surface area (Å²) in [6.45, 7) is 0. The van der Waals surface area contributed by atoms with Gasteiger partial charge in [0.05, 0.1) is 5.75 Å². The van der Waals surface area contributed by atoms with Crippen molar-refractivity contribution in [3.63, 3.8) is 0 Å². The van der Waals surface area contributed by atoms with E-state index in [0.717, 1.165) is 19.3 Å². The first kappa shape index (κ1) is 10.9. The Morgan fingerprint density at radius 2 is 2.00 bits per heavy atom. The number of rotatable bonds is 4. The van der Waals surface area contributed by atoms with Gasteiger partial charge in [0.1, 0.15) is 5.75 Å². The Kier molecular flexibility index (Phi) is 2.75. The molecule has 0 aromatic rings. The Morgan fingerprint density at radius 3 is 2.47 bits per heavy atom. The van der Waals surface area contributed by atoms with Gasteiger partial charge in [0, 0.05) is 0 Å². The van der Waals surface area contributed by atoms with Gasteiger partial charge in [-0.1, -0.05) is 6.42 Å². The second-order valence-corrected chi connectivity index (χ2v) is 6.99. The zero-order valence-corrected chi connectivity index (χ0v) is 9.37. The molecule has 3 unspecified atom stereocenters. The summed E-state index contributed by atoms with van der Waals surface area (Å²) >= 11 is 0. The lowest BCUT2D eigenvalue weighted by atomic mass is 9.90. The van der Waals surface area contributed by atoms with Crippen molar-refractivity contribution < 1.29 is 18.3 Å². The average Bonchev–Trinajstić information content (AvgIpc) is 2.60. The fourth-order valence-corrected chi connectivity index (χ4v) is 4.71. The van der Waals surface area contributed by atoms with Crippen LogP contribution in [-0.4, -0.2) is 31.0 Å². The van der Waals surface area contributed by atoms with Crippen LogP contribution in [-0.2, 0) is 14.6 Å². The maximum Gasteiger partial charge on any atom is 0.318 e. The number of fused-ring (bicyclic) bond motifs is 2. The number of sulfone groups is 1. The van der Waals surface area contributed by atoms with Gasteiger partial charge < -0.3 is 5.11 Å². The van der Waals surface area contributed by atoms with E-state index in [0.29, 0.717) is 11.8 Å². The molecule has 0 saturated heterocycles. The zero-order valence-electron chi connectivity index (χ0n) is 8.55. The topological polar surface area (TPSA) is 71.4 Å². The molecule has 0 amide bonds. The SMILES string of the molecule is O=C(O)CS(=O)(=O)CC1CC2CCC1C2. The molecule has 0 radical (unpaired) electrons. The fourth-order valence-electron chi connectivity index (χ4n) is 3.15. The minimum Gasteiger partial charge on any atom is -0.480 e. The molecule has 2 saturated carbocycles. The average molecular weight is 232 g/mol. The molecule has 15 heavy (non-hydrogen) atoms. The molecule has 86 valence electrons. The normalized spacial score (nSPS) is 34.5. The summed E-state index contributed by atoms with van der Waals surface area (Å²) in [7, 11) is -3.39. The van der Waals surface area contributed by atoms with E-state index in [1.54, 1.807) is 0 Å². The van der Waals surface area contributed by atoms with Gasteiger partial charge in [-0.05, 0) is 37.0 Å². The van der Waals surface area contributed by atoms with Crippen LogP contribution in [0.1, 0.15) is 25.7 Å². The molecule has 0 spiro atoms. The molecule has 1 N–H and O–H groups in total. The summed E-state index contributed by atoms with van der Waals surface area (Å²) in [5, 5.41) is 8.48. The number of carbonyl (C=O) groups is 1. The summed E-state index contributed by atoms with van der Waals surface area (Å²) in [5.41, 5.74) is 0. The molecule has 2 aliphatic rings. The molecule has 0 heterocycles. The van der Waals surface area contributed by atoms with Crippen LogP contribution in [0.3, 0.4) is 0 Å². The van der Waals surface area contributed by atoms with Crippen molar-refractivity contribution >= 4 is 15.8 Å². The molecular weight excluding hydrogens is 216 g/mol. The van der Waals surface area contributed by atoms with Crippen molar-refractivity contribution in [1.82, 2.24) is 0 Å². The number of hydrogen-bond donors (Lipinski definition) is 1. The highest BCUT2D eigenvalue weighted by Crippen LogP contribution is 2.48. The van der Waals surface area contributed by atoms with Crippen LogP contribution < -0.4 is 0 Å². The second-order valence-electron chi connectivity index (χ2n) is 4.88. The van der Waals surface area contributed by atoms with Crippen molar-refractivity contribution in [2.75, 3.05) is 11.5 Å². The van der Waals surface area contributed by atoms with Crippen molar-refractivity contribution in [2.24, 2.45) is 17.8 Å². The van der Waals surface area contributed by atoms with Crippen LogP contribution in [0.2, 0.25) is 0 Å². The first-order chi connectivity index (χ1) is 6.96. The maximum absolute atomic E-state index is 11.5. The molecule has 4 nitrogen and oxygen atoms in total. The van der Waals surface area contributed by atoms with Gasteiger partial charge in [-0.25, -0.2) is 8.42 Å². The second kappa shape index (κ2) is 3.77. The quantitative estimate of drug-likeness (QED) is 0.782. The molecule has 0 aromatic heterocycles. The van der Waals surface area contributed by atoms with Gasteiger partial charge in [0.15, 0.2) is 9.84 Å². The smallest absolute Gasteiger partial charge is 0.318 e. The predicted molar refractivity (Wildman–Crippen MR) is 55.2 cm³/mol. The largest absolute Gasteiger partial charge is 0.480 e. The lowest BCUT2D eigenvalue weighted by molar-refractivity contribution is -0.134. The van der Waals surface area contributed by atoms with Gasteiger partial charge in [0.2, 0.25) is 0 Å². The monoisotopic (exact) mass is 232 g/mol. The number of hydrogen-bond acceptors (Lipinski definition) is 3. The van der Waals surface area contributed by atoms with Gasteiger partial charge in [-0.15, -0.1) is 0 Å². The summed E-state index contributed by atoms with van der Waals surface area (Å²) in [5.74, 6) is -0.383. The fraction of sp³-hybridized carbons (Fsp3) is 0.900. The van der Waals surface area contributed by atoms with Crippen LogP contribution in [0.25, 0.3) is 0 Å². The van der Waals surface area contributed by atoms with E-state index in [1.807, 2.05) is 0 Å². The minimum atomic E-state index is -3.39. The highest BCUT2D eigenvalue weighted by atomic mass is 32.2. The summed E-state index contributed by atoms with van der Waals surface area (Å²) < 4.78 is 23.0. The van der Waals surface area contributed by atoms with E-state index in [-0.39, 0.29) is 11.7 Å². The van der Waals surface area contributed by atoms with Crippen LogP contribution >= 0.6 is 0 Å². The number of aliphatic carboxylic acids is 1. The molecule has 2 aliphatic carbocycles. The van der Waals surface area contributed by atoms with Crippen molar-refractivity contribution in [3.05, 3.63) is 0 Å². The van der Waals surface area contributed by atoms with E-state index >= 15 is 0 Å². The van der Waals surface area contributed by atoms with Crippen LogP contribution in [0.15, 0.2) is 0 Å². The number of carboxylic acids is 1. The Balaban J connectivity index is 1.95. The van der Waals surface area contributed by atoms with Gasteiger partial charge in [-0.2, -0.15) is 0 Å². The third-order valence-corrected chi connectivity index (χ3v) is 5.32. The van der Waals surface area contributed by atoms with Gasteiger partial charge in [-0.3, -0.25) is 4.79 Å². The molecular formula is C10H16O4S. The van der Waals surface area contributed by atoms with E-state index in [1.165, 1.54) is 6.42 Å². The minimum absolute atomic E-state index is 0.0838. The molecule has 2 bridgehead atoms. The lowest BCUT2D eigenvalue weighted by Gasteiger charge is -2.20. The Morgan fingerprint density at radius 1 is 1.27 bits per heavy atom. The molecule has 2 rings (SSSR count). The molecule has 0 aromatic carbocycles. The number of carboxylic acid groups (broad SMARTS) is 1. The first-order valence-electron chi connectivity index (χ1n) is 5.38. The zero-order chi connectivity index (χ0) is 11.1. The Labute approximate surface area is 89.6 Å². The maximum atomic E-state index is 11.5. The predicted octanol–water partition coefficient (Wildman–Crippen LogP) is 0.922. The standard InChI is InChI=1S/C10H16O4S/c11-10(12)6-15(13,14)5-9-4-7-1-2-8(9)3-7/h7-9H,1-6H2,(H,11,12). The van der Waals surface area contributed by atoms with E-state index in [4.69, 9.17) is 5.11 Å². The van der Waals surface area contributed by atoms with Crippen LogP contribution in [0.5, 0.6) is 0 Å². The highest BCUT2D eigenvalue weighted by molar-refractivity contribution is 7.92. The summed E-state index contributed by atoms with van der Waals surface area (Å²) in [4.78, 5) is 10.4. The van der Waals surface area contributed by atoms with Crippen LogP contribution in [0.4, 0.5) is 0 Å². The van der Waals surface area contributed by atoms with E-state index in [9.17, 15) is 13.2 Å². The molecule has 0 aliphatic heterocycles. The van der Waals surface area contributed by atoms with E-state index in [2.05, 4.69) is 0 Å². The summed E-state index contributed by atoms with van der Waals surface area (Å²) in [6, 6.07) is 0. The van der Waals surface area contributed by atoms with Crippen molar-refractivity contribution in [3.8, 4) is 0 Å². The van der Waals surface area contributed by atoms with Crippen molar-refractivity contribution in [1.29, 1.82) is 0 Å². The first-order valence-corrected chi connectivity index (χ1v) is 7.20. The Bertz CT molecular complexity index is 360. The molecule has 2 fully saturated rings. The summed E-state index contributed by atoms with van der Waals surface area (Å²) in [6.07, 6.45) is 4.52.